The molecule has 185 valence electrons. The van der Waals surface area contributed by atoms with Gasteiger partial charge in [-0.1, -0.05) is 0 Å². The third-order valence-electron chi connectivity index (χ3n) is 12.3. The Morgan fingerprint density at radius 3 is 2.29 bits per heavy atom. The zero-order valence-electron chi connectivity index (χ0n) is 23.7. The van der Waals surface area contributed by atoms with Gasteiger partial charge in [0.1, 0.15) is 0 Å². The molecule has 0 saturated carbocycles. The van der Waals surface area contributed by atoms with Crippen LogP contribution in [0.15, 0.2) is 71.2 Å². The molecule has 0 bridgehead atoms. The van der Waals surface area contributed by atoms with Crippen LogP contribution in [0.5, 0.6) is 0 Å². The third-order valence-corrected chi connectivity index (χ3v) is 20.7. The Morgan fingerprint density at radius 2 is 1.54 bits per heavy atom. The van der Waals surface area contributed by atoms with Gasteiger partial charge in [0.25, 0.3) is 0 Å². The molecular formula is C30H23B7N2P2-. The molecule has 0 atom stereocenters. The minimum atomic E-state index is -2.33. The topological polar surface area (TPSA) is 17.3 Å². The second-order valence-electron chi connectivity index (χ2n) is 14.8. The molecule has 5 radical (unpaired) electrons. The molecule has 12 rings (SSSR count). The summed E-state index contributed by atoms with van der Waals surface area (Å²) in [4.78, 5) is 0. The summed E-state index contributed by atoms with van der Waals surface area (Å²) in [6.07, 6.45) is 0.0364. The van der Waals surface area contributed by atoms with Crippen molar-refractivity contribution in [2.45, 2.75) is 38.5 Å². The predicted molar refractivity (Wildman–Crippen MR) is 187 cm³/mol. The van der Waals surface area contributed by atoms with Gasteiger partial charge in [0.15, 0.2) is 0 Å². The second kappa shape index (κ2) is 6.03. The summed E-state index contributed by atoms with van der Waals surface area (Å²) in [5, 5.41) is 4.40. The molecule has 4 saturated heterocycles. The van der Waals surface area contributed by atoms with Gasteiger partial charge in [-0.15, -0.1) is 0 Å². The molecule has 8 heterocycles. The van der Waals surface area contributed by atoms with Crippen molar-refractivity contribution in [3.05, 3.63) is 89.0 Å². The molecule has 41 heavy (non-hydrogen) atoms. The summed E-state index contributed by atoms with van der Waals surface area (Å²) in [5.74, 6) is 0. The summed E-state index contributed by atoms with van der Waals surface area (Å²) < 4.78 is 8.50. The fourth-order valence-corrected chi connectivity index (χ4v) is 19.4. The second-order valence-corrected chi connectivity index (χ2v) is 21.7. The van der Waals surface area contributed by atoms with E-state index >= 15 is 0 Å². The van der Waals surface area contributed by atoms with Crippen molar-refractivity contribution in [3.8, 4) is 5.69 Å². The maximum atomic E-state index is 5.88. The molecule has 11 heteroatoms. The molecule has 0 unspecified atom stereocenters. The first-order chi connectivity index (χ1) is 19.8. The first-order valence-electron chi connectivity index (χ1n) is 15.3. The average molecular weight is 549 g/mol. The molecule has 0 amide bonds. The number of hydrogen-bond acceptors (Lipinski definition) is 1. The Labute approximate surface area is 245 Å². The molecule has 4 aromatic carbocycles. The van der Waals surface area contributed by atoms with Gasteiger partial charge in [0.05, 0.1) is 0 Å². The molecular weight excluding hydrogens is 526 g/mol. The Balaban J connectivity index is 1.29. The van der Waals surface area contributed by atoms with Gasteiger partial charge < -0.3 is 0 Å². The first-order valence-corrected chi connectivity index (χ1v) is 19.1. The summed E-state index contributed by atoms with van der Waals surface area (Å²) >= 11 is 0. The van der Waals surface area contributed by atoms with E-state index in [1.807, 2.05) is 0 Å². The van der Waals surface area contributed by atoms with E-state index in [1.165, 1.54) is 44.2 Å². The Kier molecular flexibility index (Phi) is 3.27. The Bertz CT molecular complexity index is 2260. The van der Waals surface area contributed by atoms with E-state index in [0.717, 1.165) is 12.4 Å². The quantitative estimate of drug-likeness (QED) is 0.232. The van der Waals surface area contributed by atoms with Crippen molar-refractivity contribution >= 4 is 104 Å². The molecule has 7 aliphatic rings. The van der Waals surface area contributed by atoms with Crippen LogP contribution in [-0.4, -0.2) is 50.8 Å². The molecule has 5 aromatic rings. The number of aromatic nitrogens is 1. The zero-order valence-corrected chi connectivity index (χ0v) is 25.5. The van der Waals surface area contributed by atoms with Crippen LogP contribution in [0.4, 0.5) is 0 Å². The SMILES string of the molecule is CC1(C)c2cccc3c2B2c4c1ccc(P15(N=[P+]6B7[B-]B76)[B]B1[B-]5)c4C(C)(C)c1ccc4c5ccccc5n-3c4c12. The summed E-state index contributed by atoms with van der Waals surface area (Å²) in [6.45, 7) is 15.7. The number of fused-ring (bicyclic) bond motifs is 6. The van der Waals surface area contributed by atoms with Crippen LogP contribution in [0.25, 0.3) is 27.5 Å². The summed E-state index contributed by atoms with van der Waals surface area (Å²) in [7, 11) is 2.42. The van der Waals surface area contributed by atoms with Gasteiger partial charge in [-0.05, 0) is 0 Å². The number of nitrogens with zero attached hydrogens (tertiary/aromatic N) is 2. The molecule has 0 aliphatic carbocycles. The van der Waals surface area contributed by atoms with Gasteiger partial charge in [-0.3, -0.25) is 0 Å². The normalized spacial score (nSPS) is 24.3. The van der Waals surface area contributed by atoms with Crippen LogP contribution in [0, 0.1) is 0 Å². The van der Waals surface area contributed by atoms with E-state index in [0.29, 0.717) is 6.21 Å². The maximum absolute atomic E-state index is 5.88. The summed E-state index contributed by atoms with van der Waals surface area (Å²) in [5.41, 5.74) is 14.9. The van der Waals surface area contributed by atoms with E-state index < -0.39 is 6.39 Å². The van der Waals surface area contributed by atoms with Gasteiger partial charge in [-0.25, -0.2) is 0 Å². The molecule has 4 fully saturated rings. The fourth-order valence-electron chi connectivity index (χ4n) is 9.85. The van der Waals surface area contributed by atoms with Gasteiger partial charge in [-0.2, -0.15) is 0 Å². The van der Waals surface area contributed by atoms with Crippen LogP contribution in [0.3, 0.4) is 0 Å². The van der Waals surface area contributed by atoms with Crippen molar-refractivity contribution in [1.82, 2.24) is 4.57 Å². The standard InChI is InChI=1S/C30H23B7N2P2/c1-29(2)18-9-7-11-22-25(18)34-26-19(29)14-15-23(41(32-35(41)33-41)38-40-36-31-37(36)40)24(26)30(3,4)20-13-12-17-16-8-5-6-10-21(16)39(22)28(17)27(20)34/h5-15H,1-4H3/q-1. The van der Waals surface area contributed by atoms with Crippen LogP contribution < -0.4 is 21.7 Å². The van der Waals surface area contributed by atoms with Crippen molar-refractivity contribution in [2.24, 2.45) is 4.52 Å². The fraction of sp³-hybridized carbons (Fsp3) is 0.200. The predicted octanol–water partition coefficient (Wildman–Crippen LogP) is 3.69. The van der Waals surface area contributed by atoms with Crippen LogP contribution in [0.2, 0.25) is 0 Å². The van der Waals surface area contributed by atoms with E-state index in [-0.39, 0.29) is 25.0 Å². The van der Waals surface area contributed by atoms with Crippen LogP contribution in [-0.2, 0) is 10.8 Å². The number of para-hydroxylation sites is 1. The molecule has 0 N–H and O–H groups in total. The van der Waals surface area contributed by atoms with Crippen molar-refractivity contribution in [3.63, 3.8) is 0 Å². The van der Waals surface area contributed by atoms with E-state index in [2.05, 4.69) is 120 Å². The van der Waals surface area contributed by atoms with E-state index in [1.54, 1.807) is 27.3 Å². The van der Waals surface area contributed by atoms with E-state index in [4.69, 9.17) is 4.52 Å². The molecule has 7 aliphatic heterocycles. The van der Waals surface area contributed by atoms with Crippen molar-refractivity contribution in [1.29, 1.82) is 0 Å². The minimum absolute atomic E-state index is 0.0634. The average Bonchev–Trinajstić information content (AvgIpc) is 3.87. The summed E-state index contributed by atoms with van der Waals surface area (Å²) in [6, 6.07) is 26.2. The number of rotatable bonds is 2. The monoisotopic (exact) mass is 550 g/mol. The van der Waals surface area contributed by atoms with Gasteiger partial charge in [0, 0.05) is 0 Å². The van der Waals surface area contributed by atoms with Gasteiger partial charge in [0.2, 0.25) is 0 Å². The first kappa shape index (κ1) is 22.2. The number of hydrogen-bond donors (Lipinski definition) is 0. The molecule has 0 spiro atoms. The third kappa shape index (κ3) is 2.11. The zero-order chi connectivity index (χ0) is 27.0. The molecule has 2 nitrogen and oxygen atoms in total. The molecule has 1 aromatic heterocycles. The Hall–Kier alpha value is -2.34. The Morgan fingerprint density at radius 1 is 0.805 bits per heavy atom. The van der Waals surface area contributed by atoms with Gasteiger partial charge >= 0.3 is 246 Å². The van der Waals surface area contributed by atoms with Crippen molar-refractivity contribution < 1.29 is 0 Å². The van der Waals surface area contributed by atoms with Crippen molar-refractivity contribution in [2.75, 3.05) is 0 Å². The van der Waals surface area contributed by atoms with Crippen LogP contribution >= 0.6 is 13.9 Å². The van der Waals surface area contributed by atoms with Crippen LogP contribution in [0.1, 0.15) is 49.9 Å². The van der Waals surface area contributed by atoms with E-state index in [9.17, 15) is 0 Å². The number of benzene rings is 4.